The average Bonchev–Trinajstić information content (AvgIpc) is 2.62. The Morgan fingerprint density at radius 3 is 2.56 bits per heavy atom. The van der Waals surface area contributed by atoms with Gasteiger partial charge in [0, 0.05) is 0 Å². The SMILES string of the molecule is CCOc1cc(/C=N\NC(=O)C(N)=O)ccc1OCc1ccccc1. The second kappa shape index (κ2) is 9.07. The number of nitrogens with one attached hydrogen (secondary N) is 1. The lowest BCUT2D eigenvalue weighted by Gasteiger charge is -2.12. The summed E-state index contributed by atoms with van der Waals surface area (Å²) in [4.78, 5) is 21.6. The van der Waals surface area contributed by atoms with Crippen molar-refractivity contribution in [2.45, 2.75) is 13.5 Å². The summed E-state index contributed by atoms with van der Waals surface area (Å²) in [6.45, 7) is 2.76. The number of primary amides is 1. The molecule has 0 saturated carbocycles. The number of amides is 2. The van der Waals surface area contributed by atoms with E-state index in [1.807, 2.05) is 42.7 Å². The molecule has 2 aromatic rings. The number of nitrogens with zero attached hydrogens (tertiary/aromatic N) is 1. The van der Waals surface area contributed by atoms with Crippen molar-refractivity contribution in [3.05, 3.63) is 59.7 Å². The first-order valence-corrected chi connectivity index (χ1v) is 7.66. The molecule has 3 N–H and O–H groups in total. The van der Waals surface area contributed by atoms with Crippen LogP contribution in [0.4, 0.5) is 0 Å². The van der Waals surface area contributed by atoms with E-state index in [0.29, 0.717) is 30.3 Å². The van der Waals surface area contributed by atoms with Crippen LogP contribution in [-0.2, 0) is 16.2 Å². The van der Waals surface area contributed by atoms with Gasteiger partial charge in [-0.3, -0.25) is 9.59 Å². The molecule has 0 atom stereocenters. The van der Waals surface area contributed by atoms with Crippen molar-refractivity contribution in [1.29, 1.82) is 0 Å². The van der Waals surface area contributed by atoms with Crippen molar-refractivity contribution >= 4 is 18.0 Å². The van der Waals surface area contributed by atoms with Crippen molar-refractivity contribution in [1.82, 2.24) is 5.43 Å². The lowest BCUT2D eigenvalue weighted by atomic mass is 10.2. The van der Waals surface area contributed by atoms with Gasteiger partial charge in [0.2, 0.25) is 0 Å². The van der Waals surface area contributed by atoms with Crippen LogP contribution in [0.15, 0.2) is 53.6 Å². The molecule has 0 radical (unpaired) electrons. The molecule has 2 amide bonds. The number of nitrogens with two attached hydrogens (primary N) is 1. The zero-order valence-electron chi connectivity index (χ0n) is 13.8. The van der Waals surface area contributed by atoms with Gasteiger partial charge in [0.15, 0.2) is 11.5 Å². The van der Waals surface area contributed by atoms with E-state index < -0.39 is 11.8 Å². The Balaban J connectivity index is 2.07. The number of carbonyl (C=O) groups is 2. The quantitative estimate of drug-likeness (QED) is 0.453. The Labute approximate surface area is 145 Å². The lowest BCUT2D eigenvalue weighted by Crippen LogP contribution is -2.32. The summed E-state index contributed by atoms with van der Waals surface area (Å²) in [5, 5.41) is 3.67. The van der Waals surface area contributed by atoms with Crippen LogP contribution in [0.1, 0.15) is 18.1 Å². The fourth-order valence-electron chi connectivity index (χ4n) is 1.95. The minimum Gasteiger partial charge on any atom is -0.490 e. The smallest absolute Gasteiger partial charge is 0.329 e. The summed E-state index contributed by atoms with van der Waals surface area (Å²) in [6, 6.07) is 15.0. The van der Waals surface area contributed by atoms with E-state index in [4.69, 9.17) is 15.2 Å². The van der Waals surface area contributed by atoms with Gasteiger partial charge in [0.05, 0.1) is 12.8 Å². The van der Waals surface area contributed by atoms with Crippen LogP contribution in [0.2, 0.25) is 0 Å². The molecule has 0 aliphatic carbocycles. The molecule has 0 spiro atoms. The van der Waals surface area contributed by atoms with Crippen LogP contribution < -0.4 is 20.6 Å². The zero-order valence-corrected chi connectivity index (χ0v) is 13.8. The highest BCUT2D eigenvalue weighted by Crippen LogP contribution is 2.28. The van der Waals surface area contributed by atoms with Gasteiger partial charge in [-0.15, -0.1) is 0 Å². The maximum Gasteiger partial charge on any atom is 0.329 e. The van der Waals surface area contributed by atoms with Crippen molar-refractivity contribution in [3.63, 3.8) is 0 Å². The van der Waals surface area contributed by atoms with Crippen molar-refractivity contribution < 1.29 is 19.1 Å². The Kier molecular flexibility index (Phi) is 6.53. The fourth-order valence-corrected chi connectivity index (χ4v) is 1.95. The van der Waals surface area contributed by atoms with Gasteiger partial charge in [-0.1, -0.05) is 30.3 Å². The largest absolute Gasteiger partial charge is 0.490 e. The highest BCUT2D eigenvalue weighted by atomic mass is 16.5. The fraction of sp³-hybridized carbons (Fsp3) is 0.167. The average molecular weight is 341 g/mol. The molecule has 0 unspecified atom stereocenters. The molecule has 0 bridgehead atoms. The van der Waals surface area contributed by atoms with Gasteiger partial charge in [0.1, 0.15) is 6.61 Å². The van der Waals surface area contributed by atoms with E-state index in [9.17, 15) is 9.59 Å². The van der Waals surface area contributed by atoms with Gasteiger partial charge >= 0.3 is 11.8 Å². The van der Waals surface area contributed by atoms with E-state index >= 15 is 0 Å². The van der Waals surface area contributed by atoms with Gasteiger partial charge in [-0.25, -0.2) is 5.43 Å². The maximum absolute atomic E-state index is 11.0. The topological polar surface area (TPSA) is 103 Å². The molecule has 7 nitrogen and oxygen atoms in total. The summed E-state index contributed by atoms with van der Waals surface area (Å²) in [5.74, 6) is -0.923. The summed E-state index contributed by atoms with van der Waals surface area (Å²) in [6.07, 6.45) is 1.38. The molecule has 7 heteroatoms. The molecule has 0 heterocycles. The molecular formula is C18H19N3O4. The number of hydrogen-bond donors (Lipinski definition) is 2. The summed E-state index contributed by atoms with van der Waals surface area (Å²) >= 11 is 0. The molecule has 25 heavy (non-hydrogen) atoms. The summed E-state index contributed by atoms with van der Waals surface area (Å²) in [7, 11) is 0. The summed E-state index contributed by atoms with van der Waals surface area (Å²) in [5.41, 5.74) is 8.56. The molecule has 0 aliphatic heterocycles. The number of carbonyl (C=O) groups excluding carboxylic acids is 2. The molecule has 0 aromatic heterocycles. The van der Waals surface area contributed by atoms with E-state index in [0.717, 1.165) is 5.56 Å². The molecule has 0 saturated heterocycles. The Bertz CT molecular complexity index is 760. The van der Waals surface area contributed by atoms with Gasteiger partial charge in [-0.05, 0) is 36.2 Å². The third-order valence-electron chi connectivity index (χ3n) is 3.11. The van der Waals surface area contributed by atoms with Crippen LogP contribution in [0.25, 0.3) is 0 Å². The number of hydrogen-bond acceptors (Lipinski definition) is 5. The first-order chi connectivity index (χ1) is 12.1. The Hall–Kier alpha value is -3.35. The summed E-state index contributed by atoms with van der Waals surface area (Å²) < 4.78 is 11.4. The van der Waals surface area contributed by atoms with Crippen LogP contribution >= 0.6 is 0 Å². The van der Waals surface area contributed by atoms with Crippen molar-refractivity contribution in [2.75, 3.05) is 6.61 Å². The predicted octanol–water partition coefficient (Wildman–Crippen LogP) is 1.60. The van der Waals surface area contributed by atoms with Gasteiger partial charge in [-0.2, -0.15) is 5.10 Å². The number of rotatable bonds is 7. The second-order valence-electron chi connectivity index (χ2n) is 4.98. The van der Waals surface area contributed by atoms with E-state index in [1.165, 1.54) is 6.21 Å². The zero-order chi connectivity index (χ0) is 18.1. The minimum atomic E-state index is -1.10. The molecule has 0 aliphatic rings. The minimum absolute atomic E-state index is 0.420. The third-order valence-corrected chi connectivity index (χ3v) is 3.11. The van der Waals surface area contributed by atoms with Crippen LogP contribution in [0.5, 0.6) is 11.5 Å². The maximum atomic E-state index is 11.0. The van der Waals surface area contributed by atoms with Crippen molar-refractivity contribution in [3.8, 4) is 11.5 Å². The molecule has 130 valence electrons. The Morgan fingerprint density at radius 2 is 1.88 bits per heavy atom. The van der Waals surface area contributed by atoms with Crippen LogP contribution in [0.3, 0.4) is 0 Å². The number of hydrazone groups is 1. The first kappa shape index (κ1) is 18.0. The van der Waals surface area contributed by atoms with Crippen LogP contribution in [0, 0.1) is 0 Å². The number of ether oxygens (including phenoxy) is 2. The first-order valence-electron chi connectivity index (χ1n) is 7.66. The third kappa shape index (κ3) is 5.65. The van der Waals surface area contributed by atoms with E-state index in [2.05, 4.69) is 5.10 Å². The Morgan fingerprint density at radius 1 is 1.12 bits per heavy atom. The normalized spacial score (nSPS) is 10.4. The standard InChI is InChI=1S/C18H19N3O4/c1-2-24-16-10-14(11-20-21-18(23)17(19)22)8-9-15(16)25-12-13-6-4-3-5-7-13/h3-11H,2,12H2,1H3,(H2,19,22)(H,21,23)/b20-11-. The predicted molar refractivity (Wildman–Crippen MR) is 93.3 cm³/mol. The lowest BCUT2D eigenvalue weighted by molar-refractivity contribution is -0.137. The molecular weight excluding hydrogens is 322 g/mol. The van der Waals surface area contributed by atoms with Gasteiger partial charge in [0.25, 0.3) is 0 Å². The van der Waals surface area contributed by atoms with Crippen molar-refractivity contribution in [2.24, 2.45) is 10.8 Å². The van der Waals surface area contributed by atoms with Gasteiger partial charge < -0.3 is 15.2 Å². The van der Waals surface area contributed by atoms with E-state index in [-0.39, 0.29) is 0 Å². The molecule has 0 fully saturated rings. The second-order valence-corrected chi connectivity index (χ2v) is 4.98. The van der Waals surface area contributed by atoms with Crippen LogP contribution in [-0.4, -0.2) is 24.6 Å². The highest BCUT2D eigenvalue weighted by Gasteiger charge is 2.08. The highest BCUT2D eigenvalue weighted by molar-refractivity contribution is 6.34. The molecule has 2 rings (SSSR count). The number of benzene rings is 2. The molecule has 2 aromatic carbocycles. The monoisotopic (exact) mass is 341 g/mol. The van der Waals surface area contributed by atoms with E-state index in [1.54, 1.807) is 18.2 Å².